The van der Waals surface area contributed by atoms with Gasteiger partial charge < -0.3 is 19.4 Å². The summed E-state index contributed by atoms with van der Waals surface area (Å²) in [6.45, 7) is 6.03. The van der Waals surface area contributed by atoms with Crippen molar-refractivity contribution in [2.45, 2.75) is 39.0 Å². The number of furan rings is 1. The number of carbonyl (C=O) groups is 1. The monoisotopic (exact) mass is 344 g/mol. The van der Waals surface area contributed by atoms with Gasteiger partial charge in [0.05, 0.1) is 7.11 Å². The van der Waals surface area contributed by atoms with E-state index in [2.05, 4.69) is 10.2 Å². The molecule has 1 aliphatic rings. The molecule has 0 bridgehead atoms. The van der Waals surface area contributed by atoms with E-state index in [4.69, 9.17) is 9.15 Å². The molecule has 0 radical (unpaired) electrons. The molecule has 1 N–H and O–H groups in total. The molecule has 0 aliphatic carbocycles. The molecule has 0 unspecified atom stereocenters. The van der Waals surface area contributed by atoms with Crippen LogP contribution in [-0.2, 0) is 0 Å². The predicted octanol–water partition coefficient (Wildman–Crippen LogP) is 3.75. The van der Waals surface area contributed by atoms with Crippen LogP contribution in [0.5, 0.6) is 5.75 Å². The summed E-state index contributed by atoms with van der Waals surface area (Å²) in [5.74, 6) is 1.03. The molecule has 1 aliphatic heterocycles. The second-order valence-corrected chi connectivity index (χ2v) is 6.78. The molecule has 0 atom stereocenters. The molecule has 1 aromatic heterocycles. The highest BCUT2D eigenvalue weighted by Crippen LogP contribution is 2.28. The summed E-state index contributed by atoms with van der Waals surface area (Å²) in [6, 6.07) is 5.59. The number of carbonyl (C=O) groups excluding carboxylic acids is 1. The molecule has 5 nitrogen and oxygen atoms in total. The number of fused-ring (bicyclic) bond motifs is 1. The summed E-state index contributed by atoms with van der Waals surface area (Å²) in [5, 5.41) is 3.92. The van der Waals surface area contributed by atoms with E-state index in [1.807, 2.05) is 25.1 Å². The first-order chi connectivity index (χ1) is 12.2. The smallest absolute Gasteiger partial charge is 0.287 e. The van der Waals surface area contributed by atoms with Gasteiger partial charge in [0.1, 0.15) is 11.3 Å². The van der Waals surface area contributed by atoms with Crippen molar-refractivity contribution in [3.63, 3.8) is 0 Å². The first kappa shape index (κ1) is 17.8. The van der Waals surface area contributed by atoms with E-state index in [0.717, 1.165) is 29.7 Å². The molecule has 136 valence electrons. The van der Waals surface area contributed by atoms with Crippen LogP contribution in [0.2, 0.25) is 0 Å². The van der Waals surface area contributed by atoms with E-state index in [1.54, 1.807) is 7.11 Å². The van der Waals surface area contributed by atoms with Gasteiger partial charge in [-0.1, -0.05) is 12.8 Å². The van der Waals surface area contributed by atoms with Crippen molar-refractivity contribution < 1.29 is 13.9 Å². The maximum atomic E-state index is 12.4. The van der Waals surface area contributed by atoms with Gasteiger partial charge in [-0.05, 0) is 64.0 Å². The van der Waals surface area contributed by atoms with Gasteiger partial charge in [-0.15, -0.1) is 0 Å². The highest BCUT2D eigenvalue weighted by Gasteiger charge is 2.18. The van der Waals surface area contributed by atoms with Crippen molar-refractivity contribution in [2.75, 3.05) is 33.3 Å². The summed E-state index contributed by atoms with van der Waals surface area (Å²) >= 11 is 0. The topological polar surface area (TPSA) is 54.7 Å². The number of likely N-dealkylation sites (tertiary alicyclic amines) is 1. The number of amides is 1. The first-order valence-electron chi connectivity index (χ1n) is 9.27. The Hall–Kier alpha value is -2.01. The Morgan fingerprint density at radius 2 is 2.00 bits per heavy atom. The lowest BCUT2D eigenvalue weighted by atomic mass is 10.1. The van der Waals surface area contributed by atoms with Crippen LogP contribution >= 0.6 is 0 Å². The number of nitrogens with one attached hydrogen (secondary N) is 1. The zero-order valence-corrected chi connectivity index (χ0v) is 15.3. The molecule has 0 saturated carbocycles. The SMILES string of the molecule is COc1ccc2oc(C(=O)NCCCN3CCCCCC3)c(C)c2c1. The molecule has 1 amide bonds. The molecule has 1 fully saturated rings. The number of benzene rings is 1. The third kappa shape index (κ3) is 4.34. The molecule has 2 heterocycles. The van der Waals surface area contributed by atoms with Gasteiger partial charge in [-0.2, -0.15) is 0 Å². The molecule has 1 aromatic carbocycles. The van der Waals surface area contributed by atoms with Gasteiger partial charge >= 0.3 is 0 Å². The number of aryl methyl sites for hydroxylation is 1. The Kier molecular flexibility index (Phi) is 5.97. The average molecular weight is 344 g/mol. The fourth-order valence-electron chi connectivity index (χ4n) is 3.49. The summed E-state index contributed by atoms with van der Waals surface area (Å²) < 4.78 is 11.0. The molecular weight excluding hydrogens is 316 g/mol. The normalized spacial score (nSPS) is 15.9. The highest BCUT2D eigenvalue weighted by atomic mass is 16.5. The van der Waals surface area contributed by atoms with Crippen molar-refractivity contribution in [1.82, 2.24) is 10.2 Å². The van der Waals surface area contributed by atoms with E-state index >= 15 is 0 Å². The minimum Gasteiger partial charge on any atom is -0.497 e. The van der Waals surface area contributed by atoms with Crippen LogP contribution in [0, 0.1) is 6.92 Å². The van der Waals surface area contributed by atoms with Gasteiger partial charge in [-0.3, -0.25) is 4.79 Å². The number of nitrogens with zero attached hydrogens (tertiary/aromatic N) is 1. The predicted molar refractivity (Wildman–Crippen MR) is 99.4 cm³/mol. The third-order valence-electron chi connectivity index (χ3n) is 4.98. The van der Waals surface area contributed by atoms with Crippen LogP contribution in [0.1, 0.15) is 48.2 Å². The number of methoxy groups -OCH3 is 1. The lowest BCUT2D eigenvalue weighted by molar-refractivity contribution is 0.0925. The lowest BCUT2D eigenvalue weighted by Gasteiger charge is -2.19. The largest absolute Gasteiger partial charge is 0.497 e. The minimum absolute atomic E-state index is 0.136. The van der Waals surface area contributed by atoms with Gasteiger partial charge in [-0.25, -0.2) is 0 Å². The lowest BCUT2D eigenvalue weighted by Crippen LogP contribution is -2.30. The summed E-state index contributed by atoms with van der Waals surface area (Å²) in [7, 11) is 1.63. The van der Waals surface area contributed by atoms with Crippen LogP contribution < -0.4 is 10.1 Å². The minimum atomic E-state index is -0.136. The zero-order valence-electron chi connectivity index (χ0n) is 15.3. The maximum Gasteiger partial charge on any atom is 0.287 e. The second-order valence-electron chi connectivity index (χ2n) is 6.78. The zero-order chi connectivity index (χ0) is 17.6. The quantitative estimate of drug-likeness (QED) is 0.811. The first-order valence-corrected chi connectivity index (χ1v) is 9.27. The fraction of sp³-hybridized carbons (Fsp3) is 0.550. The summed E-state index contributed by atoms with van der Waals surface area (Å²) in [4.78, 5) is 15.0. The Morgan fingerprint density at radius 3 is 2.72 bits per heavy atom. The van der Waals surface area contributed by atoms with Gasteiger partial charge in [0.15, 0.2) is 5.76 Å². The van der Waals surface area contributed by atoms with Gasteiger partial charge in [0.25, 0.3) is 5.91 Å². The van der Waals surface area contributed by atoms with Crippen molar-refractivity contribution in [1.29, 1.82) is 0 Å². The van der Waals surface area contributed by atoms with Crippen molar-refractivity contribution in [3.8, 4) is 5.75 Å². The van der Waals surface area contributed by atoms with E-state index in [0.29, 0.717) is 17.9 Å². The maximum absolute atomic E-state index is 12.4. The molecule has 1 saturated heterocycles. The average Bonchev–Trinajstić information content (AvgIpc) is 2.80. The van der Waals surface area contributed by atoms with Crippen molar-refractivity contribution >= 4 is 16.9 Å². The molecular formula is C20H28N2O3. The van der Waals surface area contributed by atoms with Crippen LogP contribution in [-0.4, -0.2) is 44.1 Å². The number of hydrogen-bond donors (Lipinski definition) is 1. The Morgan fingerprint density at radius 1 is 1.24 bits per heavy atom. The number of rotatable bonds is 6. The van der Waals surface area contributed by atoms with Crippen LogP contribution in [0.4, 0.5) is 0 Å². The van der Waals surface area contributed by atoms with E-state index in [9.17, 15) is 4.79 Å². The standard InChI is InChI=1S/C20H28N2O3/c1-15-17-14-16(24-2)8-9-18(17)25-19(15)20(23)21-10-7-13-22-11-5-3-4-6-12-22/h8-9,14H,3-7,10-13H2,1-2H3,(H,21,23). The Balaban J connectivity index is 1.54. The summed E-state index contributed by atoms with van der Waals surface area (Å²) in [5.41, 5.74) is 1.58. The van der Waals surface area contributed by atoms with Crippen LogP contribution in [0.3, 0.4) is 0 Å². The summed E-state index contributed by atoms with van der Waals surface area (Å²) in [6.07, 6.45) is 6.27. The second kappa shape index (κ2) is 8.39. The number of hydrogen-bond acceptors (Lipinski definition) is 4. The Labute approximate surface area is 149 Å². The fourth-order valence-corrected chi connectivity index (χ4v) is 3.49. The third-order valence-corrected chi connectivity index (χ3v) is 4.98. The van der Waals surface area contributed by atoms with Crippen LogP contribution in [0.25, 0.3) is 11.0 Å². The highest BCUT2D eigenvalue weighted by molar-refractivity contribution is 5.99. The molecule has 5 heteroatoms. The van der Waals surface area contributed by atoms with E-state index < -0.39 is 0 Å². The number of ether oxygens (including phenoxy) is 1. The molecule has 0 spiro atoms. The van der Waals surface area contributed by atoms with Crippen molar-refractivity contribution in [2.24, 2.45) is 0 Å². The van der Waals surface area contributed by atoms with E-state index in [-0.39, 0.29) is 5.91 Å². The molecule has 3 rings (SSSR count). The van der Waals surface area contributed by atoms with Gasteiger partial charge in [0, 0.05) is 17.5 Å². The van der Waals surface area contributed by atoms with Crippen molar-refractivity contribution in [3.05, 3.63) is 29.5 Å². The van der Waals surface area contributed by atoms with E-state index in [1.165, 1.54) is 38.8 Å². The Bertz CT molecular complexity index is 715. The van der Waals surface area contributed by atoms with Crippen LogP contribution in [0.15, 0.2) is 22.6 Å². The van der Waals surface area contributed by atoms with Gasteiger partial charge in [0.2, 0.25) is 0 Å². The molecule has 2 aromatic rings. The molecule has 25 heavy (non-hydrogen) atoms.